The lowest BCUT2D eigenvalue weighted by molar-refractivity contribution is 0.146. The monoisotopic (exact) mass is 288 g/mol. The van der Waals surface area contributed by atoms with E-state index in [1.807, 2.05) is 12.1 Å². The molecule has 1 saturated carbocycles. The van der Waals surface area contributed by atoms with Crippen molar-refractivity contribution in [1.82, 2.24) is 0 Å². The van der Waals surface area contributed by atoms with Crippen molar-refractivity contribution in [3.63, 3.8) is 0 Å². The molecule has 1 fully saturated rings. The molecule has 5 heteroatoms. The van der Waals surface area contributed by atoms with Crippen molar-refractivity contribution >= 4 is 21.7 Å². The summed E-state index contributed by atoms with van der Waals surface area (Å²) in [5.41, 5.74) is 0.886. The minimum absolute atomic E-state index is 0.279. The van der Waals surface area contributed by atoms with E-state index in [9.17, 15) is 8.42 Å². The summed E-state index contributed by atoms with van der Waals surface area (Å²) in [5.74, 6) is 0.279. The zero-order valence-electron chi connectivity index (χ0n) is 10.3. The molecule has 0 bridgehead atoms. The first kappa shape index (κ1) is 13.8. The molecule has 1 aliphatic carbocycles. The van der Waals surface area contributed by atoms with Crippen LogP contribution in [0.25, 0.3) is 0 Å². The molecule has 0 radical (unpaired) electrons. The maximum absolute atomic E-state index is 11.4. The maximum atomic E-state index is 11.4. The quantitative estimate of drug-likeness (QED) is 0.796. The van der Waals surface area contributed by atoms with Gasteiger partial charge in [-0.2, -0.15) is 8.42 Å². The SMILES string of the molecule is CS(=O)(=O)OC(c1ccc(Cl)cc1)C1CCCC1. The number of rotatable bonds is 4. The lowest BCUT2D eigenvalue weighted by atomic mass is 9.94. The number of halogens is 1. The van der Waals surface area contributed by atoms with Crippen molar-refractivity contribution in [3.05, 3.63) is 34.9 Å². The van der Waals surface area contributed by atoms with Gasteiger partial charge in [0.2, 0.25) is 0 Å². The molecular formula is C13H17ClO3S. The lowest BCUT2D eigenvalue weighted by Crippen LogP contribution is -2.17. The van der Waals surface area contributed by atoms with Gasteiger partial charge in [-0.05, 0) is 36.5 Å². The van der Waals surface area contributed by atoms with Gasteiger partial charge in [-0.25, -0.2) is 0 Å². The minimum Gasteiger partial charge on any atom is -0.262 e. The molecule has 0 saturated heterocycles. The van der Waals surface area contributed by atoms with Crippen molar-refractivity contribution in [1.29, 1.82) is 0 Å². The van der Waals surface area contributed by atoms with E-state index in [2.05, 4.69) is 0 Å². The minimum atomic E-state index is -3.45. The van der Waals surface area contributed by atoms with Crippen LogP contribution in [0.4, 0.5) is 0 Å². The molecule has 18 heavy (non-hydrogen) atoms. The second-order valence-electron chi connectivity index (χ2n) is 4.82. The highest BCUT2D eigenvalue weighted by Gasteiger charge is 2.29. The van der Waals surface area contributed by atoms with E-state index in [1.54, 1.807) is 12.1 Å². The molecule has 1 atom stereocenters. The Kier molecular flexibility index (Phi) is 4.30. The van der Waals surface area contributed by atoms with Gasteiger partial charge in [0.05, 0.1) is 6.26 Å². The molecule has 1 aromatic carbocycles. The molecule has 1 aromatic rings. The van der Waals surface area contributed by atoms with Gasteiger partial charge in [-0.15, -0.1) is 0 Å². The first-order valence-corrected chi connectivity index (χ1v) is 8.29. The maximum Gasteiger partial charge on any atom is 0.264 e. The smallest absolute Gasteiger partial charge is 0.262 e. The molecule has 1 unspecified atom stereocenters. The van der Waals surface area contributed by atoms with Crippen molar-refractivity contribution in [2.24, 2.45) is 5.92 Å². The Hall–Kier alpha value is -0.580. The second kappa shape index (κ2) is 5.59. The van der Waals surface area contributed by atoms with E-state index >= 15 is 0 Å². The molecule has 0 heterocycles. The number of hydrogen-bond acceptors (Lipinski definition) is 3. The van der Waals surface area contributed by atoms with E-state index in [1.165, 1.54) is 0 Å². The van der Waals surface area contributed by atoms with Crippen LogP contribution in [0.3, 0.4) is 0 Å². The normalized spacial score (nSPS) is 19.0. The van der Waals surface area contributed by atoms with Crippen molar-refractivity contribution in [2.75, 3.05) is 6.26 Å². The largest absolute Gasteiger partial charge is 0.264 e. The highest BCUT2D eigenvalue weighted by molar-refractivity contribution is 7.86. The summed E-state index contributed by atoms with van der Waals surface area (Å²) in [4.78, 5) is 0. The Labute approximate surface area is 113 Å². The van der Waals surface area contributed by atoms with Crippen molar-refractivity contribution in [3.8, 4) is 0 Å². The predicted octanol–water partition coefficient (Wildman–Crippen LogP) is 3.55. The fourth-order valence-corrected chi connectivity index (χ4v) is 3.28. The van der Waals surface area contributed by atoms with Gasteiger partial charge in [0.25, 0.3) is 10.1 Å². The van der Waals surface area contributed by atoms with Crippen molar-refractivity contribution in [2.45, 2.75) is 31.8 Å². The van der Waals surface area contributed by atoms with E-state index in [-0.39, 0.29) is 12.0 Å². The summed E-state index contributed by atoms with van der Waals surface area (Å²) in [6, 6.07) is 7.22. The third-order valence-electron chi connectivity index (χ3n) is 3.30. The first-order chi connectivity index (χ1) is 8.46. The molecule has 0 spiro atoms. The van der Waals surface area contributed by atoms with Crippen LogP contribution >= 0.6 is 11.6 Å². The molecule has 0 N–H and O–H groups in total. The van der Waals surface area contributed by atoms with Crippen LogP contribution in [-0.4, -0.2) is 14.7 Å². The Bertz CT molecular complexity index is 489. The fraction of sp³-hybridized carbons (Fsp3) is 0.538. The van der Waals surface area contributed by atoms with Crippen LogP contribution in [0.15, 0.2) is 24.3 Å². The zero-order chi connectivity index (χ0) is 13.2. The van der Waals surface area contributed by atoms with Crippen LogP contribution in [0, 0.1) is 5.92 Å². The summed E-state index contributed by atoms with van der Waals surface area (Å²) >= 11 is 5.85. The van der Waals surface area contributed by atoms with Crippen LogP contribution in [0.1, 0.15) is 37.4 Å². The fourth-order valence-electron chi connectivity index (χ4n) is 2.51. The van der Waals surface area contributed by atoms with Gasteiger partial charge >= 0.3 is 0 Å². The molecule has 100 valence electrons. The molecule has 1 aliphatic rings. The molecule has 0 aliphatic heterocycles. The molecule has 0 aromatic heterocycles. The van der Waals surface area contributed by atoms with Gasteiger partial charge < -0.3 is 0 Å². The van der Waals surface area contributed by atoms with Crippen LogP contribution in [0.5, 0.6) is 0 Å². The van der Waals surface area contributed by atoms with Crippen LogP contribution in [-0.2, 0) is 14.3 Å². The lowest BCUT2D eigenvalue weighted by Gasteiger charge is -2.22. The molecular weight excluding hydrogens is 272 g/mol. The van der Waals surface area contributed by atoms with Gasteiger partial charge in [0.1, 0.15) is 6.10 Å². The molecule has 3 nitrogen and oxygen atoms in total. The Morgan fingerprint density at radius 2 is 1.78 bits per heavy atom. The number of benzene rings is 1. The van der Waals surface area contributed by atoms with Gasteiger partial charge in [0.15, 0.2) is 0 Å². The highest BCUT2D eigenvalue weighted by atomic mass is 35.5. The average Bonchev–Trinajstić information content (AvgIpc) is 2.79. The summed E-state index contributed by atoms with van der Waals surface area (Å²) in [6.45, 7) is 0. The van der Waals surface area contributed by atoms with Gasteiger partial charge in [-0.3, -0.25) is 4.18 Å². The first-order valence-electron chi connectivity index (χ1n) is 6.09. The average molecular weight is 289 g/mol. The van der Waals surface area contributed by atoms with E-state index in [0.29, 0.717) is 5.02 Å². The van der Waals surface area contributed by atoms with Gasteiger partial charge in [0, 0.05) is 5.02 Å². The Morgan fingerprint density at radius 1 is 1.22 bits per heavy atom. The standard InChI is InChI=1S/C13H17ClO3S/c1-18(15,16)17-13(10-4-2-3-5-10)11-6-8-12(14)9-7-11/h6-10,13H,2-5H2,1H3. The molecule has 0 amide bonds. The second-order valence-corrected chi connectivity index (χ2v) is 6.85. The van der Waals surface area contributed by atoms with E-state index in [0.717, 1.165) is 37.5 Å². The van der Waals surface area contributed by atoms with Gasteiger partial charge in [-0.1, -0.05) is 36.6 Å². The summed E-state index contributed by atoms with van der Waals surface area (Å²) in [7, 11) is -3.45. The van der Waals surface area contributed by atoms with E-state index < -0.39 is 10.1 Å². The van der Waals surface area contributed by atoms with Crippen molar-refractivity contribution < 1.29 is 12.6 Å². The highest BCUT2D eigenvalue weighted by Crippen LogP contribution is 2.39. The summed E-state index contributed by atoms with van der Waals surface area (Å²) < 4.78 is 28.1. The Morgan fingerprint density at radius 3 is 2.28 bits per heavy atom. The topological polar surface area (TPSA) is 43.4 Å². The van der Waals surface area contributed by atoms with E-state index in [4.69, 9.17) is 15.8 Å². The van der Waals surface area contributed by atoms with Crippen LogP contribution in [0.2, 0.25) is 5.02 Å². The Balaban J connectivity index is 2.25. The summed E-state index contributed by atoms with van der Waals surface area (Å²) in [6.07, 6.45) is 5.04. The molecule has 2 rings (SSSR count). The third kappa shape index (κ3) is 3.70. The number of hydrogen-bond donors (Lipinski definition) is 0. The third-order valence-corrected chi connectivity index (χ3v) is 4.11. The summed E-state index contributed by atoms with van der Waals surface area (Å²) in [5, 5.41) is 0.642. The zero-order valence-corrected chi connectivity index (χ0v) is 11.9. The predicted molar refractivity (Wildman–Crippen MR) is 72.1 cm³/mol. The van der Waals surface area contributed by atoms with Crippen LogP contribution < -0.4 is 0 Å².